The lowest BCUT2D eigenvalue weighted by atomic mass is 10.0. The van der Waals surface area contributed by atoms with E-state index in [9.17, 15) is 4.79 Å². The molecular weight excluding hydrogens is 352 g/mol. The van der Waals surface area contributed by atoms with Gasteiger partial charge in [-0.3, -0.25) is 0 Å². The van der Waals surface area contributed by atoms with Gasteiger partial charge in [0.05, 0.1) is 6.61 Å². The molecule has 0 bridgehead atoms. The largest absolute Gasteiger partial charge is 0.464 e. The lowest BCUT2D eigenvalue weighted by Gasteiger charge is -2.36. The number of esters is 1. The van der Waals surface area contributed by atoms with E-state index in [0.717, 1.165) is 41.5 Å². The molecule has 0 spiro atoms. The molecule has 0 radical (unpaired) electrons. The highest BCUT2D eigenvalue weighted by molar-refractivity contribution is 9.10. The zero-order valence-corrected chi connectivity index (χ0v) is 14.4. The summed E-state index contributed by atoms with van der Waals surface area (Å²) in [6, 6.07) is 5.60. The Bertz CT molecular complexity index is 550. The highest BCUT2D eigenvalue weighted by Crippen LogP contribution is 2.29. The van der Waals surface area contributed by atoms with Gasteiger partial charge >= 0.3 is 5.97 Å². The number of nitrogens with two attached hydrogens (primary N) is 1. The maximum atomic E-state index is 12.1. The summed E-state index contributed by atoms with van der Waals surface area (Å²) in [7, 11) is 0. The van der Waals surface area contributed by atoms with Crippen LogP contribution in [0.3, 0.4) is 0 Å². The zero-order valence-electron chi connectivity index (χ0n) is 12.0. The molecule has 1 aliphatic rings. The number of hydrogen-bond donors (Lipinski definition) is 1. The first kappa shape index (κ1) is 16.2. The first-order valence-corrected chi connectivity index (χ1v) is 8.27. The summed E-state index contributed by atoms with van der Waals surface area (Å²) in [4.78, 5) is 14.6. The third-order valence-electron chi connectivity index (χ3n) is 3.61. The van der Waals surface area contributed by atoms with E-state index in [1.807, 2.05) is 25.1 Å². The van der Waals surface area contributed by atoms with Crippen molar-refractivity contribution in [3.05, 3.63) is 28.2 Å². The van der Waals surface area contributed by atoms with Gasteiger partial charge in [0.1, 0.15) is 11.0 Å². The van der Waals surface area contributed by atoms with Gasteiger partial charge in [0.15, 0.2) is 0 Å². The molecular formula is C15H19BrN2O2S. The Morgan fingerprint density at radius 3 is 2.90 bits per heavy atom. The van der Waals surface area contributed by atoms with E-state index >= 15 is 0 Å². The molecule has 1 unspecified atom stereocenters. The highest BCUT2D eigenvalue weighted by Gasteiger charge is 2.30. The van der Waals surface area contributed by atoms with Crippen molar-refractivity contribution in [2.45, 2.75) is 32.2 Å². The molecule has 21 heavy (non-hydrogen) atoms. The monoisotopic (exact) mass is 370 g/mol. The quantitative estimate of drug-likeness (QED) is 0.651. The van der Waals surface area contributed by atoms with E-state index < -0.39 is 0 Å². The molecule has 2 rings (SSSR count). The van der Waals surface area contributed by atoms with Crippen molar-refractivity contribution in [1.29, 1.82) is 0 Å². The smallest absolute Gasteiger partial charge is 0.328 e. The molecule has 0 aromatic heterocycles. The first-order chi connectivity index (χ1) is 10.0. The molecule has 114 valence electrons. The van der Waals surface area contributed by atoms with Crippen LogP contribution < -0.4 is 10.6 Å². The fourth-order valence-corrected chi connectivity index (χ4v) is 3.50. The third kappa shape index (κ3) is 3.74. The van der Waals surface area contributed by atoms with Crippen molar-refractivity contribution in [3.8, 4) is 0 Å². The number of anilines is 1. The number of carbonyl (C=O) groups excluding carboxylic acids is 1. The summed E-state index contributed by atoms with van der Waals surface area (Å²) < 4.78 is 6.04. The van der Waals surface area contributed by atoms with E-state index in [-0.39, 0.29) is 12.0 Å². The molecule has 1 fully saturated rings. The molecule has 2 N–H and O–H groups in total. The molecule has 1 atom stereocenters. The second-order valence-corrected chi connectivity index (χ2v) is 6.28. The predicted molar refractivity (Wildman–Crippen MR) is 91.6 cm³/mol. The standard InChI is InChI=1S/C15H19BrN2O2S/c1-2-20-15(19)13-5-3-4-8-18(13)10-6-7-11(14(17)21)12(16)9-10/h6-7,9,13H,2-5,8H2,1H3,(H2,17,21). The minimum absolute atomic E-state index is 0.147. The molecule has 1 heterocycles. The summed E-state index contributed by atoms with van der Waals surface area (Å²) >= 11 is 8.50. The lowest BCUT2D eigenvalue weighted by Crippen LogP contribution is -2.45. The summed E-state index contributed by atoms with van der Waals surface area (Å²) in [6.45, 7) is 3.09. The Kier molecular flexibility index (Phi) is 5.58. The summed E-state index contributed by atoms with van der Waals surface area (Å²) in [5.74, 6) is -0.147. The Balaban J connectivity index is 2.27. The van der Waals surface area contributed by atoms with E-state index in [4.69, 9.17) is 22.7 Å². The van der Waals surface area contributed by atoms with Crippen LogP contribution in [0, 0.1) is 0 Å². The van der Waals surface area contributed by atoms with Crippen LogP contribution in [0.4, 0.5) is 5.69 Å². The van der Waals surface area contributed by atoms with E-state index in [1.165, 1.54) is 0 Å². The third-order valence-corrected chi connectivity index (χ3v) is 4.49. The number of piperidine rings is 1. The van der Waals surface area contributed by atoms with Crippen LogP contribution in [-0.2, 0) is 9.53 Å². The number of rotatable bonds is 4. The molecule has 1 saturated heterocycles. The van der Waals surface area contributed by atoms with Gasteiger partial charge in [-0.15, -0.1) is 0 Å². The second-order valence-electron chi connectivity index (χ2n) is 4.99. The zero-order chi connectivity index (χ0) is 15.4. The molecule has 4 nitrogen and oxygen atoms in total. The van der Waals surface area contributed by atoms with Crippen molar-refractivity contribution < 1.29 is 9.53 Å². The first-order valence-electron chi connectivity index (χ1n) is 7.07. The van der Waals surface area contributed by atoms with Crippen molar-refractivity contribution in [1.82, 2.24) is 0 Å². The van der Waals surface area contributed by atoms with Gasteiger partial charge in [0.25, 0.3) is 0 Å². The van der Waals surface area contributed by atoms with Gasteiger partial charge in [-0.1, -0.05) is 12.2 Å². The number of carbonyl (C=O) groups is 1. The van der Waals surface area contributed by atoms with Gasteiger partial charge < -0.3 is 15.4 Å². The minimum atomic E-state index is -0.207. The fraction of sp³-hybridized carbons (Fsp3) is 0.467. The van der Waals surface area contributed by atoms with Crippen LogP contribution in [0.5, 0.6) is 0 Å². The molecule has 1 aromatic rings. The highest BCUT2D eigenvalue weighted by atomic mass is 79.9. The Hall–Kier alpha value is -1.14. The fourth-order valence-electron chi connectivity index (χ4n) is 2.61. The second kappa shape index (κ2) is 7.22. The Morgan fingerprint density at radius 2 is 2.29 bits per heavy atom. The molecule has 0 amide bonds. The molecule has 1 aliphatic heterocycles. The number of thiocarbonyl (C=S) groups is 1. The minimum Gasteiger partial charge on any atom is -0.464 e. The van der Waals surface area contributed by atoms with Crippen molar-refractivity contribution in [2.24, 2.45) is 5.73 Å². The van der Waals surface area contributed by atoms with Crippen LogP contribution in [0.2, 0.25) is 0 Å². The average Bonchev–Trinajstić information content (AvgIpc) is 2.47. The van der Waals surface area contributed by atoms with Crippen molar-refractivity contribution in [2.75, 3.05) is 18.1 Å². The van der Waals surface area contributed by atoms with E-state index in [0.29, 0.717) is 11.6 Å². The number of benzene rings is 1. The maximum Gasteiger partial charge on any atom is 0.328 e. The summed E-state index contributed by atoms with van der Waals surface area (Å²) in [6.07, 6.45) is 2.95. The molecule has 1 aromatic carbocycles. The maximum absolute atomic E-state index is 12.1. The molecule has 6 heteroatoms. The Morgan fingerprint density at radius 1 is 1.52 bits per heavy atom. The average molecular weight is 371 g/mol. The van der Waals surface area contributed by atoms with Crippen LogP contribution in [0.1, 0.15) is 31.7 Å². The predicted octanol–water partition coefficient (Wildman–Crippen LogP) is 3.01. The van der Waals surface area contributed by atoms with Gasteiger partial charge in [0.2, 0.25) is 0 Å². The van der Waals surface area contributed by atoms with E-state index in [2.05, 4.69) is 20.8 Å². The number of hydrogen-bond acceptors (Lipinski definition) is 4. The van der Waals surface area contributed by atoms with E-state index in [1.54, 1.807) is 0 Å². The van der Waals surface area contributed by atoms with Gasteiger partial charge in [-0.2, -0.15) is 0 Å². The van der Waals surface area contributed by atoms with Crippen molar-refractivity contribution >= 4 is 44.8 Å². The topological polar surface area (TPSA) is 55.6 Å². The van der Waals surface area contributed by atoms with Crippen LogP contribution in [-0.4, -0.2) is 30.2 Å². The van der Waals surface area contributed by atoms with Crippen molar-refractivity contribution in [3.63, 3.8) is 0 Å². The Labute approximate surface area is 138 Å². The molecule has 0 aliphatic carbocycles. The van der Waals surface area contributed by atoms with Gasteiger partial charge in [-0.25, -0.2) is 4.79 Å². The van der Waals surface area contributed by atoms with Crippen LogP contribution in [0.15, 0.2) is 22.7 Å². The summed E-state index contributed by atoms with van der Waals surface area (Å²) in [5, 5.41) is 0. The van der Waals surface area contributed by atoms with Gasteiger partial charge in [-0.05, 0) is 60.3 Å². The number of ether oxygens (including phenoxy) is 1. The van der Waals surface area contributed by atoms with Gasteiger partial charge in [0, 0.05) is 22.3 Å². The lowest BCUT2D eigenvalue weighted by molar-refractivity contribution is -0.145. The SMILES string of the molecule is CCOC(=O)C1CCCCN1c1ccc(C(N)=S)c(Br)c1. The number of nitrogens with zero attached hydrogens (tertiary/aromatic N) is 1. The number of halogens is 1. The summed E-state index contributed by atoms with van der Waals surface area (Å²) in [5.41, 5.74) is 7.46. The van der Waals surface area contributed by atoms with Crippen LogP contribution >= 0.6 is 28.1 Å². The normalized spacial score (nSPS) is 18.4. The molecule has 0 saturated carbocycles. The van der Waals surface area contributed by atoms with Crippen LogP contribution in [0.25, 0.3) is 0 Å².